The first kappa shape index (κ1) is 14.4. The number of ether oxygens (including phenoxy) is 2. The van der Waals surface area contributed by atoms with Gasteiger partial charge in [-0.05, 0) is 12.1 Å². The molecule has 0 radical (unpaired) electrons. The fourth-order valence-corrected chi connectivity index (χ4v) is 3.23. The van der Waals surface area contributed by atoms with E-state index in [1.54, 1.807) is 13.0 Å². The summed E-state index contributed by atoms with van der Waals surface area (Å²) in [5.74, 6) is 1.32. The first-order chi connectivity index (χ1) is 9.06. The van der Waals surface area contributed by atoms with Crippen LogP contribution in [0.1, 0.15) is 6.92 Å². The number of nitrogens with zero attached hydrogens (tertiary/aromatic N) is 1. The molecule has 2 rings (SSSR count). The summed E-state index contributed by atoms with van der Waals surface area (Å²) in [6.45, 7) is 2.68. The van der Waals surface area contributed by atoms with Crippen LogP contribution in [0.2, 0.25) is 0 Å². The monoisotopic (exact) mass is 305 g/mol. The summed E-state index contributed by atoms with van der Waals surface area (Å²) in [5.41, 5.74) is 0. The van der Waals surface area contributed by atoms with Crippen LogP contribution in [0.5, 0.6) is 11.5 Å². The van der Waals surface area contributed by atoms with E-state index in [2.05, 4.69) is 0 Å². The molecule has 19 heavy (non-hydrogen) atoms. The van der Waals surface area contributed by atoms with E-state index in [9.17, 15) is 8.42 Å². The topological polar surface area (TPSA) is 55.8 Å². The molecule has 0 N–H and O–H groups in total. The van der Waals surface area contributed by atoms with E-state index in [1.165, 1.54) is 4.31 Å². The molecular weight excluding hydrogens is 290 g/mol. The quantitative estimate of drug-likeness (QED) is 0.777. The van der Waals surface area contributed by atoms with Gasteiger partial charge in [-0.1, -0.05) is 19.1 Å². The first-order valence-electron chi connectivity index (χ1n) is 5.99. The number of sulfonamides is 1. The highest BCUT2D eigenvalue weighted by molar-refractivity contribution is 7.90. The van der Waals surface area contributed by atoms with E-state index in [-0.39, 0.29) is 12.6 Å². The van der Waals surface area contributed by atoms with E-state index in [0.29, 0.717) is 24.7 Å². The number of rotatable bonds is 5. The summed E-state index contributed by atoms with van der Waals surface area (Å²) in [7, 11) is -3.42. The molecule has 1 atom stereocenters. The lowest BCUT2D eigenvalue weighted by Crippen LogP contribution is -2.43. The molecule has 7 heteroatoms. The summed E-state index contributed by atoms with van der Waals surface area (Å²) in [4.78, 5) is 0. The molecule has 0 saturated heterocycles. The van der Waals surface area contributed by atoms with Crippen molar-refractivity contribution < 1.29 is 17.9 Å². The van der Waals surface area contributed by atoms with Crippen molar-refractivity contribution in [2.24, 2.45) is 0 Å². The third-order valence-corrected chi connectivity index (χ3v) is 5.16. The van der Waals surface area contributed by atoms with E-state index in [4.69, 9.17) is 21.1 Å². The van der Waals surface area contributed by atoms with Crippen LogP contribution in [0.3, 0.4) is 0 Å². The van der Waals surface area contributed by atoms with Crippen LogP contribution in [0.25, 0.3) is 0 Å². The molecule has 0 fully saturated rings. The number of hydrogen-bond donors (Lipinski definition) is 0. The molecule has 106 valence electrons. The third-order valence-electron chi connectivity index (χ3n) is 2.86. The van der Waals surface area contributed by atoms with E-state index in [1.807, 2.05) is 18.2 Å². The van der Waals surface area contributed by atoms with Gasteiger partial charge in [0.1, 0.15) is 17.9 Å². The number of para-hydroxylation sites is 2. The second-order valence-corrected chi connectivity index (χ2v) is 6.72. The summed E-state index contributed by atoms with van der Waals surface area (Å²) in [6.07, 6.45) is -0.326. The van der Waals surface area contributed by atoms with Crippen LogP contribution in [0.15, 0.2) is 24.3 Å². The van der Waals surface area contributed by atoms with E-state index >= 15 is 0 Å². The van der Waals surface area contributed by atoms with Crippen LogP contribution >= 0.6 is 11.6 Å². The Balaban J connectivity index is 2.06. The lowest BCUT2D eigenvalue weighted by Gasteiger charge is -2.30. The van der Waals surface area contributed by atoms with Crippen molar-refractivity contribution in [2.75, 3.05) is 24.9 Å². The number of likely N-dealkylation sites (N-methyl/N-ethyl adjacent to an activating group) is 1. The molecule has 1 aliphatic rings. The molecule has 0 amide bonds. The number of fused-ring (bicyclic) bond motifs is 1. The molecule has 0 aromatic heterocycles. The largest absolute Gasteiger partial charge is 0.486 e. The summed E-state index contributed by atoms with van der Waals surface area (Å²) < 4.78 is 36.1. The molecule has 0 bridgehead atoms. The van der Waals surface area contributed by atoms with Crippen LogP contribution in [0, 0.1) is 0 Å². The van der Waals surface area contributed by atoms with Crippen molar-refractivity contribution in [1.82, 2.24) is 4.31 Å². The van der Waals surface area contributed by atoms with Gasteiger partial charge in [0.05, 0.1) is 6.54 Å². The van der Waals surface area contributed by atoms with Crippen LogP contribution in [0.4, 0.5) is 0 Å². The van der Waals surface area contributed by atoms with Gasteiger partial charge in [-0.25, -0.2) is 8.42 Å². The van der Waals surface area contributed by atoms with Crippen molar-refractivity contribution in [3.05, 3.63) is 24.3 Å². The lowest BCUT2D eigenvalue weighted by molar-refractivity contribution is 0.0772. The van der Waals surface area contributed by atoms with Crippen molar-refractivity contribution in [3.63, 3.8) is 0 Å². The fourth-order valence-electron chi connectivity index (χ4n) is 1.89. The number of benzene rings is 1. The second-order valence-electron chi connectivity index (χ2n) is 4.17. The highest BCUT2D eigenvalue weighted by atomic mass is 35.5. The average Bonchev–Trinajstić information content (AvgIpc) is 2.44. The molecule has 1 aromatic carbocycles. The van der Waals surface area contributed by atoms with Crippen LogP contribution in [-0.4, -0.2) is 43.7 Å². The SMILES string of the molecule is CCN(CC1COc2ccccc2O1)S(=O)(=O)CCl. The van der Waals surface area contributed by atoms with Gasteiger partial charge < -0.3 is 9.47 Å². The van der Waals surface area contributed by atoms with Gasteiger partial charge in [0.2, 0.25) is 10.0 Å². The zero-order valence-corrected chi connectivity index (χ0v) is 12.2. The van der Waals surface area contributed by atoms with E-state index < -0.39 is 15.2 Å². The molecule has 1 aromatic rings. The Morgan fingerprint density at radius 1 is 1.37 bits per heavy atom. The number of alkyl halides is 1. The standard InChI is InChI=1S/C12H16ClNO4S/c1-2-14(19(15,16)9-13)7-10-8-17-11-5-3-4-6-12(11)18-10/h3-6,10H,2,7-9H2,1H3. The minimum atomic E-state index is -3.42. The molecule has 0 spiro atoms. The second kappa shape index (κ2) is 5.98. The number of halogens is 1. The van der Waals surface area contributed by atoms with Gasteiger partial charge in [0.15, 0.2) is 11.5 Å². The summed E-state index contributed by atoms with van der Waals surface area (Å²) >= 11 is 5.46. The Bertz CT molecular complexity index is 534. The molecule has 5 nitrogen and oxygen atoms in total. The maximum atomic E-state index is 11.7. The number of hydrogen-bond acceptors (Lipinski definition) is 4. The predicted molar refractivity (Wildman–Crippen MR) is 73.2 cm³/mol. The van der Waals surface area contributed by atoms with Gasteiger partial charge in [0, 0.05) is 6.54 Å². The van der Waals surface area contributed by atoms with Crippen molar-refractivity contribution >= 4 is 21.6 Å². The molecule has 0 saturated carbocycles. The van der Waals surface area contributed by atoms with Gasteiger partial charge in [-0.2, -0.15) is 4.31 Å². The van der Waals surface area contributed by atoms with Crippen molar-refractivity contribution in [1.29, 1.82) is 0 Å². The minimum Gasteiger partial charge on any atom is -0.486 e. The van der Waals surface area contributed by atoms with Crippen LogP contribution in [-0.2, 0) is 10.0 Å². The normalized spacial score (nSPS) is 18.6. The summed E-state index contributed by atoms with van der Waals surface area (Å²) in [5, 5.41) is -0.426. The zero-order chi connectivity index (χ0) is 13.9. The summed E-state index contributed by atoms with van der Waals surface area (Å²) in [6, 6.07) is 7.32. The molecule has 1 heterocycles. The Labute approximate surface area is 118 Å². The molecule has 0 aliphatic carbocycles. The Hall–Kier alpha value is -0.980. The Morgan fingerprint density at radius 2 is 2.05 bits per heavy atom. The highest BCUT2D eigenvalue weighted by Gasteiger charge is 2.27. The predicted octanol–water partition coefficient (Wildman–Crippen LogP) is 1.67. The van der Waals surface area contributed by atoms with Gasteiger partial charge in [-0.15, -0.1) is 11.6 Å². The van der Waals surface area contributed by atoms with Crippen LogP contribution < -0.4 is 9.47 Å². The smallest absolute Gasteiger partial charge is 0.228 e. The molecular formula is C12H16ClNO4S. The first-order valence-corrected chi connectivity index (χ1v) is 8.13. The van der Waals surface area contributed by atoms with Gasteiger partial charge in [0.25, 0.3) is 0 Å². The Morgan fingerprint density at radius 3 is 2.68 bits per heavy atom. The Kier molecular flexibility index (Phi) is 4.54. The zero-order valence-electron chi connectivity index (χ0n) is 10.6. The third kappa shape index (κ3) is 3.32. The maximum Gasteiger partial charge on any atom is 0.228 e. The molecule has 1 aliphatic heterocycles. The van der Waals surface area contributed by atoms with Crippen molar-refractivity contribution in [3.8, 4) is 11.5 Å². The maximum absolute atomic E-state index is 11.7. The minimum absolute atomic E-state index is 0.236. The fraction of sp³-hybridized carbons (Fsp3) is 0.500. The average molecular weight is 306 g/mol. The van der Waals surface area contributed by atoms with Gasteiger partial charge >= 0.3 is 0 Å². The highest BCUT2D eigenvalue weighted by Crippen LogP contribution is 2.31. The van der Waals surface area contributed by atoms with E-state index in [0.717, 1.165) is 0 Å². The van der Waals surface area contributed by atoms with Crippen molar-refractivity contribution in [2.45, 2.75) is 13.0 Å². The molecule has 1 unspecified atom stereocenters. The lowest BCUT2D eigenvalue weighted by atomic mass is 10.2. The van der Waals surface area contributed by atoms with Gasteiger partial charge in [-0.3, -0.25) is 0 Å².